The predicted molar refractivity (Wildman–Crippen MR) is 271 cm³/mol. The zero-order chi connectivity index (χ0) is 57.1. The standard InChI is InChI=1S/C46H77N13O15S/c1-22(2)14-29(41(68)56-32(19-36(63)64)44(71)58-33(46(73)74)15-23(3)4)57-45(72)37(24(5)6)59-40(67)27(10-8-9-12-47)52-42(69)30(17-34(49)60)55-39(66)28(11-13-75-7)53-43(70)31(18-35(61)62)54-38(65)26(48)16-25-20-50-21-51-25/h20-24,26-33,37H,8-19,47-48H2,1-7H3,(H2,49,60)(H,50,51)(H,52,69)(H,53,70)(H,54,65)(H,55,66)(H,56,68)(H,57,72)(H,58,71)(H,59,67)(H,61,62)(H,63,64)(H,73,74)/t26-,27?,28?,29?,30?,31?,32?,33?,37?/m0/s1. The molecule has 1 heterocycles. The number of rotatable bonds is 37. The van der Waals surface area contributed by atoms with E-state index in [4.69, 9.17) is 17.2 Å². The minimum atomic E-state index is -1.76. The van der Waals surface area contributed by atoms with Gasteiger partial charge in [-0.3, -0.25) is 52.7 Å². The molecule has 0 aliphatic rings. The molecule has 9 amide bonds. The van der Waals surface area contributed by atoms with E-state index in [1.165, 1.54) is 24.3 Å². The molecule has 0 aromatic carbocycles. The predicted octanol–water partition coefficient (Wildman–Crippen LogP) is -3.30. The fourth-order valence-corrected chi connectivity index (χ4v) is 7.73. The lowest BCUT2D eigenvalue weighted by molar-refractivity contribution is -0.144. The van der Waals surface area contributed by atoms with Gasteiger partial charge < -0.3 is 80.0 Å². The van der Waals surface area contributed by atoms with Crippen molar-refractivity contribution in [3.63, 3.8) is 0 Å². The summed E-state index contributed by atoms with van der Waals surface area (Å²) in [6.07, 6.45) is 2.16. The van der Waals surface area contributed by atoms with E-state index in [1.54, 1.807) is 47.8 Å². The Morgan fingerprint density at radius 2 is 1.00 bits per heavy atom. The monoisotopic (exact) mass is 1080 g/mol. The molecular weight excluding hydrogens is 1010 g/mol. The van der Waals surface area contributed by atoms with Gasteiger partial charge in [0, 0.05) is 18.3 Å². The molecule has 28 nitrogen and oxygen atoms in total. The number of nitrogens with one attached hydrogen (secondary N) is 9. The molecule has 1 aromatic heterocycles. The zero-order valence-corrected chi connectivity index (χ0v) is 44.2. The molecule has 422 valence electrons. The van der Waals surface area contributed by atoms with Gasteiger partial charge in [0.15, 0.2) is 0 Å². The Hall–Kier alpha value is -6.88. The van der Waals surface area contributed by atoms with E-state index in [9.17, 15) is 72.9 Å². The van der Waals surface area contributed by atoms with Gasteiger partial charge in [0.05, 0.1) is 31.6 Å². The van der Waals surface area contributed by atoms with Crippen LogP contribution in [0.3, 0.4) is 0 Å². The number of carboxylic acid groups (broad SMARTS) is 3. The van der Waals surface area contributed by atoms with Crippen molar-refractivity contribution >= 4 is 82.8 Å². The largest absolute Gasteiger partial charge is 0.481 e. The Bertz CT molecular complexity index is 2110. The first-order valence-corrected chi connectivity index (χ1v) is 25.8. The Morgan fingerprint density at radius 3 is 1.44 bits per heavy atom. The van der Waals surface area contributed by atoms with Crippen molar-refractivity contribution in [2.24, 2.45) is 35.0 Å². The number of amides is 9. The molecule has 0 bridgehead atoms. The maximum Gasteiger partial charge on any atom is 0.326 e. The number of nitrogens with zero attached hydrogens (tertiary/aromatic N) is 1. The third-order valence-corrected chi connectivity index (χ3v) is 11.8. The van der Waals surface area contributed by atoms with Crippen molar-refractivity contribution in [1.82, 2.24) is 52.5 Å². The zero-order valence-electron chi connectivity index (χ0n) is 43.4. The molecule has 29 heteroatoms. The van der Waals surface area contributed by atoms with Crippen LogP contribution in [0.4, 0.5) is 0 Å². The topological polar surface area (TPSA) is 469 Å². The summed E-state index contributed by atoms with van der Waals surface area (Å²) in [5.74, 6) is -14.3. The Labute approximate surface area is 438 Å². The van der Waals surface area contributed by atoms with Crippen LogP contribution in [0.5, 0.6) is 0 Å². The van der Waals surface area contributed by atoms with Crippen molar-refractivity contribution in [3.8, 4) is 0 Å². The van der Waals surface area contributed by atoms with Gasteiger partial charge in [-0.05, 0) is 74.8 Å². The summed E-state index contributed by atoms with van der Waals surface area (Å²) in [4.78, 5) is 164. The average molecular weight is 1080 g/mol. The number of primary amides is 1. The molecule has 0 saturated heterocycles. The SMILES string of the molecule is CSCCC(NC(=O)C(CC(=O)O)NC(=O)[C@@H](N)Cc1cnc[nH]1)C(=O)NC(CC(N)=O)C(=O)NC(CCCCN)C(=O)NC(C(=O)NC(CC(C)C)C(=O)NC(CC(=O)O)C(=O)NC(CC(C)C)C(=O)O)C(C)C. The second kappa shape index (κ2) is 33.8. The molecule has 0 radical (unpaired) electrons. The summed E-state index contributed by atoms with van der Waals surface area (Å²) in [5.41, 5.74) is 17.6. The molecule has 1 rings (SSSR count). The highest BCUT2D eigenvalue weighted by atomic mass is 32.2. The fraction of sp³-hybridized carbons (Fsp3) is 0.674. The lowest BCUT2D eigenvalue weighted by Crippen LogP contribution is -2.61. The van der Waals surface area contributed by atoms with Crippen molar-refractivity contribution < 1.29 is 72.9 Å². The molecule has 0 aliphatic carbocycles. The third-order valence-electron chi connectivity index (χ3n) is 11.1. The molecular formula is C46H77N13O15S. The number of aromatic amines is 1. The van der Waals surface area contributed by atoms with Crippen LogP contribution >= 0.6 is 11.8 Å². The first-order valence-electron chi connectivity index (χ1n) is 24.4. The summed E-state index contributed by atoms with van der Waals surface area (Å²) in [5, 5.41) is 48.0. The molecule has 8 unspecified atom stereocenters. The summed E-state index contributed by atoms with van der Waals surface area (Å²) in [7, 11) is 0. The van der Waals surface area contributed by atoms with Crippen LogP contribution < -0.4 is 59.7 Å². The second-order valence-corrected chi connectivity index (χ2v) is 20.1. The third kappa shape index (κ3) is 25.8. The molecule has 1 aromatic rings. The number of thioether (sulfide) groups is 1. The quantitative estimate of drug-likeness (QED) is 0.0290. The highest BCUT2D eigenvalue weighted by Gasteiger charge is 2.37. The molecule has 0 fully saturated rings. The number of H-pyrrole nitrogens is 1. The number of hydrogen-bond acceptors (Lipinski definition) is 16. The van der Waals surface area contributed by atoms with Gasteiger partial charge in [-0.25, -0.2) is 9.78 Å². The Balaban J connectivity index is 3.43. The normalized spacial score (nSPS) is 14.8. The van der Waals surface area contributed by atoms with Gasteiger partial charge in [0.1, 0.15) is 48.3 Å². The van der Waals surface area contributed by atoms with Gasteiger partial charge >= 0.3 is 17.9 Å². The number of unbranched alkanes of at least 4 members (excludes halogenated alkanes) is 1. The van der Waals surface area contributed by atoms with Crippen LogP contribution in [-0.2, 0) is 64.0 Å². The molecule has 9 atom stereocenters. The summed E-state index contributed by atoms with van der Waals surface area (Å²) >= 11 is 1.27. The average Bonchev–Trinajstić information content (AvgIpc) is 3.82. The molecule has 75 heavy (non-hydrogen) atoms. The lowest BCUT2D eigenvalue weighted by Gasteiger charge is -2.29. The van der Waals surface area contributed by atoms with Crippen molar-refractivity contribution in [2.45, 2.75) is 160 Å². The number of carbonyl (C=O) groups is 12. The van der Waals surface area contributed by atoms with E-state index < -0.39 is 151 Å². The van der Waals surface area contributed by atoms with Gasteiger partial charge in [-0.1, -0.05) is 41.5 Å². The number of aliphatic carboxylic acids is 3. The van der Waals surface area contributed by atoms with E-state index >= 15 is 0 Å². The van der Waals surface area contributed by atoms with E-state index in [1.807, 2.05) is 0 Å². The number of nitrogens with two attached hydrogens (primary N) is 3. The van der Waals surface area contributed by atoms with E-state index in [2.05, 4.69) is 52.5 Å². The van der Waals surface area contributed by atoms with E-state index in [0.717, 1.165) is 0 Å². The lowest BCUT2D eigenvalue weighted by atomic mass is 9.98. The highest BCUT2D eigenvalue weighted by Crippen LogP contribution is 2.13. The molecule has 0 aliphatic heterocycles. The Kier molecular flexibility index (Phi) is 29.8. The maximum absolute atomic E-state index is 14.1. The van der Waals surface area contributed by atoms with Crippen LogP contribution in [0.15, 0.2) is 12.5 Å². The van der Waals surface area contributed by atoms with Gasteiger partial charge in [-0.2, -0.15) is 11.8 Å². The molecule has 18 N–H and O–H groups in total. The second-order valence-electron chi connectivity index (χ2n) is 19.1. The van der Waals surface area contributed by atoms with Gasteiger partial charge in [-0.15, -0.1) is 0 Å². The van der Waals surface area contributed by atoms with Crippen LogP contribution in [0.1, 0.15) is 105 Å². The highest BCUT2D eigenvalue weighted by molar-refractivity contribution is 7.98. The van der Waals surface area contributed by atoms with Crippen LogP contribution in [0.2, 0.25) is 0 Å². The van der Waals surface area contributed by atoms with Gasteiger partial charge in [0.2, 0.25) is 53.2 Å². The number of carboxylic acids is 3. The van der Waals surface area contributed by atoms with E-state index in [-0.39, 0.29) is 62.7 Å². The van der Waals surface area contributed by atoms with Crippen molar-refractivity contribution in [3.05, 3.63) is 18.2 Å². The summed E-state index contributed by atoms with van der Waals surface area (Å²) < 4.78 is 0. The fourth-order valence-electron chi connectivity index (χ4n) is 7.26. The van der Waals surface area contributed by atoms with Crippen molar-refractivity contribution in [2.75, 3.05) is 18.6 Å². The van der Waals surface area contributed by atoms with Crippen LogP contribution in [0.25, 0.3) is 0 Å². The first-order chi connectivity index (χ1) is 35.1. The molecule has 0 saturated carbocycles. The van der Waals surface area contributed by atoms with E-state index in [0.29, 0.717) is 12.1 Å². The van der Waals surface area contributed by atoms with Crippen LogP contribution in [0, 0.1) is 17.8 Å². The van der Waals surface area contributed by atoms with Crippen molar-refractivity contribution in [1.29, 1.82) is 0 Å². The summed E-state index contributed by atoms with van der Waals surface area (Å²) in [6.45, 7) is 10.2. The number of imidazole rings is 1. The number of aromatic nitrogens is 2. The van der Waals surface area contributed by atoms with Gasteiger partial charge in [0.25, 0.3) is 0 Å². The maximum atomic E-state index is 14.1. The number of carbonyl (C=O) groups excluding carboxylic acids is 9. The molecule has 0 spiro atoms. The summed E-state index contributed by atoms with van der Waals surface area (Å²) in [6, 6.07) is -13.6. The smallest absolute Gasteiger partial charge is 0.326 e. The minimum Gasteiger partial charge on any atom is -0.481 e. The number of hydrogen-bond donors (Lipinski definition) is 15. The Morgan fingerprint density at radius 1 is 0.573 bits per heavy atom. The van der Waals surface area contributed by atoms with Crippen LogP contribution in [-0.4, -0.2) is 169 Å². The minimum absolute atomic E-state index is 0.000480. The first kappa shape index (κ1) is 66.1.